The van der Waals surface area contributed by atoms with Gasteiger partial charge in [0.1, 0.15) is 13.8 Å². The van der Waals surface area contributed by atoms with Crippen LogP contribution in [0.4, 0.5) is 17.1 Å². The molecule has 0 spiro atoms. The molecule has 2 aliphatic heterocycles. The van der Waals surface area contributed by atoms with Crippen LogP contribution >= 0.6 is 0 Å². The number of aromatic hydroxyl groups is 1. The van der Waals surface area contributed by atoms with E-state index in [-0.39, 0.29) is 0 Å². The smallest absolute Gasteiger partial charge is 0.117 e. The van der Waals surface area contributed by atoms with Crippen molar-refractivity contribution in [2.45, 2.75) is 13.1 Å². The highest BCUT2D eigenvalue weighted by Crippen LogP contribution is 2.29. The number of nitrogens with zero attached hydrogens (tertiary/aromatic N) is 1. The Labute approximate surface area is 137 Å². The van der Waals surface area contributed by atoms with Gasteiger partial charge in [0.05, 0.1) is 13.2 Å². The van der Waals surface area contributed by atoms with Gasteiger partial charge < -0.3 is 20.1 Å². The summed E-state index contributed by atoms with van der Waals surface area (Å²) in [6.45, 7) is 8.21. The number of fused-ring (bicyclic) bond motifs is 2. The summed E-state index contributed by atoms with van der Waals surface area (Å²) in [7, 11) is -1.84. The van der Waals surface area contributed by atoms with Gasteiger partial charge >= 0.3 is 0 Å². The molecule has 0 unspecified atom stereocenters. The van der Waals surface area contributed by atoms with E-state index in [1.54, 1.807) is 6.07 Å². The average molecular weight is 326 g/mol. The molecule has 0 aliphatic carbocycles. The highest BCUT2D eigenvalue weighted by atomic mass is 28.3. The fourth-order valence-electron chi connectivity index (χ4n) is 3.63. The fourth-order valence-corrected chi connectivity index (χ4v) is 6.57. The predicted molar refractivity (Wildman–Crippen MR) is 97.6 cm³/mol. The highest BCUT2D eigenvalue weighted by molar-refractivity contribution is 7.02. The van der Waals surface area contributed by atoms with E-state index in [4.69, 9.17) is 4.74 Å². The normalized spacial score (nSPS) is 18.8. The molecule has 2 aromatic carbocycles. The molecule has 0 amide bonds. The molecule has 2 N–H and O–H groups in total. The molecule has 0 radical (unpaired) electrons. The van der Waals surface area contributed by atoms with E-state index in [1.165, 1.54) is 21.7 Å². The first kappa shape index (κ1) is 14.6. The molecule has 0 aromatic heterocycles. The van der Waals surface area contributed by atoms with E-state index < -0.39 is 8.07 Å². The molecule has 0 saturated carbocycles. The number of rotatable bonds is 1. The van der Waals surface area contributed by atoms with Crippen molar-refractivity contribution in [2.24, 2.45) is 0 Å². The summed E-state index contributed by atoms with van der Waals surface area (Å²) in [5.74, 6) is 0.346. The lowest BCUT2D eigenvalue weighted by atomic mass is 10.2. The molecule has 23 heavy (non-hydrogen) atoms. The van der Waals surface area contributed by atoms with E-state index in [1.807, 2.05) is 12.1 Å². The topological polar surface area (TPSA) is 44.7 Å². The third-order valence-electron chi connectivity index (χ3n) is 5.00. The van der Waals surface area contributed by atoms with Gasteiger partial charge in [-0.15, -0.1) is 0 Å². The monoisotopic (exact) mass is 326 g/mol. The molecule has 1 fully saturated rings. The van der Waals surface area contributed by atoms with Gasteiger partial charge in [-0.05, 0) is 46.8 Å². The maximum atomic E-state index is 9.90. The Morgan fingerprint density at radius 2 is 1.65 bits per heavy atom. The van der Waals surface area contributed by atoms with Gasteiger partial charge in [0.2, 0.25) is 0 Å². The van der Waals surface area contributed by atoms with Crippen molar-refractivity contribution in [1.29, 1.82) is 0 Å². The van der Waals surface area contributed by atoms with Crippen LogP contribution in [0.25, 0.3) is 0 Å². The summed E-state index contributed by atoms with van der Waals surface area (Å²) in [5.41, 5.74) is 3.61. The van der Waals surface area contributed by atoms with Crippen molar-refractivity contribution >= 4 is 35.5 Å². The number of ether oxygens (including phenoxy) is 1. The van der Waals surface area contributed by atoms with E-state index in [0.717, 1.165) is 32.0 Å². The third-order valence-corrected chi connectivity index (χ3v) is 8.52. The van der Waals surface area contributed by atoms with Crippen LogP contribution in [-0.2, 0) is 4.74 Å². The van der Waals surface area contributed by atoms with Crippen LogP contribution in [-0.4, -0.2) is 39.5 Å². The van der Waals surface area contributed by atoms with Crippen LogP contribution in [0.2, 0.25) is 13.1 Å². The van der Waals surface area contributed by atoms with Gasteiger partial charge in [-0.1, -0.05) is 13.1 Å². The van der Waals surface area contributed by atoms with Gasteiger partial charge in [0.15, 0.2) is 0 Å². The number of hydrogen-bond donors (Lipinski definition) is 2. The minimum atomic E-state index is -1.84. The standard InChI is InChI=1S/C18H22N2O2Si/c1-23(2)17-11-13(20-7-9-22-10-8-20)3-5-15(17)19-16-6-4-14(21)12-18(16)23/h3-6,11-12,19,21H,7-10H2,1-2H3. The first-order valence-electron chi connectivity index (χ1n) is 8.13. The van der Waals surface area contributed by atoms with Crippen LogP contribution in [0.5, 0.6) is 5.75 Å². The highest BCUT2D eigenvalue weighted by Gasteiger charge is 2.35. The molecular weight excluding hydrogens is 304 g/mol. The van der Waals surface area contributed by atoms with E-state index in [2.05, 4.69) is 41.5 Å². The average Bonchev–Trinajstić information content (AvgIpc) is 2.56. The van der Waals surface area contributed by atoms with Crippen molar-refractivity contribution in [3.05, 3.63) is 36.4 Å². The lowest BCUT2D eigenvalue weighted by molar-refractivity contribution is 0.122. The Balaban J connectivity index is 1.78. The van der Waals surface area contributed by atoms with Crippen molar-refractivity contribution < 1.29 is 9.84 Å². The molecule has 5 heteroatoms. The van der Waals surface area contributed by atoms with Crippen LogP contribution in [0.1, 0.15) is 0 Å². The second-order valence-corrected chi connectivity index (χ2v) is 11.1. The number of morpholine rings is 1. The van der Waals surface area contributed by atoms with Crippen LogP contribution in [0.3, 0.4) is 0 Å². The van der Waals surface area contributed by atoms with Gasteiger partial charge in [-0.25, -0.2) is 0 Å². The van der Waals surface area contributed by atoms with Crippen molar-refractivity contribution in [3.8, 4) is 5.75 Å². The maximum absolute atomic E-state index is 9.90. The zero-order valence-corrected chi connectivity index (χ0v) is 14.6. The summed E-state index contributed by atoms with van der Waals surface area (Å²) in [6, 6.07) is 12.4. The van der Waals surface area contributed by atoms with E-state index >= 15 is 0 Å². The number of anilines is 3. The largest absolute Gasteiger partial charge is 0.508 e. The zero-order valence-electron chi connectivity index (χ0n) is 13.6. The number of benzene rings is 2. The van der Waals surface area contributed by atoms with Crippen LogP contribution in [0, 0.1) is 0 Å². The lowest BCUT2D eigenvalue weighted by Gasteiger charge is -2.36. The Hall–Kier alpha value is -1.98. The first-order valence-corrected chi connectivity index (χ1v) is 11.1. The molecule has 2 aliphatic rings. The lowest BCUT2D eigenvalue weighted by Crippen LogP contribution is -2.57. The zero-order chi connectivity index (χ0) is 16.0. The molecule has 2 heterocycles. The van der Waals surface area contributed by atoms with Crippen LogP contribution in [0.15, 0.2) is 36.4 Å². The Morgan fingerprint density at radius 1 is 1.00 bits per heavy atom. The number of phenolic OH excluding ortho intramolecular Hbond substituents is 1. The second kappa shape index (κ2) is 5.28. The summed E-state index contributed by atoms with van der Waals surface area (Å²) in [4.78, 5) is 2.40. The molecule has 120 valence electrons. The molecule has 4 nitrogen and oxygen atoms in total. The van der Waals surface area contributed by atoms with E-state index in [0.29, 0.717) is 5.75 Å². The number of phenols is 1. The predicted octanol–water partition coefficient (Wildman–Crippen LogP) is 2.11. The summed E-state index contributed by atoms with van der Waals surface area (Å²) < 4.78 is 5.46. The summed E-state index contributed by atoms with van der Waals surface area (Å²) >= 11 is 0. The number of nitrogens with one attached hydrogen (secondary N) is 1. The fraction of sp³-hybridized carbons (Fsp3) is 0.333. The van der Waals surface area contributed by atoms with Crippen molar-refractivity contribution in [1.82, 2.24) is 0 Å². The molecular formula is C18H22N2O2Si. The molecule has 4 rings (SSSR count). The SMILES string of the molecule is C[Si]1(C)c2cc(O)ccc2Nc2ccc(N3CCOCC3)cc21. The van der Waals surface area contributed by atoms with Gasteiger partial charge in [-0.3, -0.25) is 0 Å². The van der Waals surface area contributed by atoms with Gasteiger partial charge in [-0.2, -0.15) is 0 Å². The quantitative estimate of drug-likeness (QED) is 0.622. The van der Waals surface area contributed by atoms with E-state index in [9.17, 15) is 5.11 Å². The maximum Gasteiger partial charge on any atom is 0.117 e. The van der Waals surface area contributed by atoms with Gasteiger partial charge in [0, 0.05) is 30.2 Å². The Kier molecular flexibility index (Phi) is 3.35. The molecule has 0 bridgehead atoms. The Morgan fingerprint density at radius 3 is 2.39 bits per heavy atom. The molecule has 0 atom stereocenters. The molecule has 2 aromatic rings. The van der Waals surface area contributed by atoms with Crippen molar-refractivity contribution in [2.75, 3.05) is 36.5 Å². The van der Waals surface area contributed by atoms with Crippen LogP contribution < -0.4 is 20.6 Å². The number of hydrogen-bond acceptors (Lipinski definition) is 4. The summed E-state index contributed by atoms with van der Waals surface area (Å²) in [6.07, 6.45) is 0. The minimum Gasteiger partial charge on any atom is -0.508 e. The second-order valence-electron chi connectivity index (χ2n) is 6.81. The third kappa shape index (κ3) is 2.40. The molecule has 1 saturated heterocycles. The van der Waals surface area contributed by atoms with Gasteiger partial charge in [0.25, 0.3) is 0 Å². The first-order chi connectivity index (χ1) is 11.1. The summed E-state index contributed by atoms with van der Waals surface area (Å²) in [5, 5.41) is 16.1. The minimum absolute atomic E-state index is 0.346. The van der Waals surface area contributed by atoms with Crippen molar-refractivity contribution in [3.63, 3.8) is 0 Å². The Bertz CT molecular complexity index is 755.